The molecule has 0 aliphatic carbocycles. The van der Waals surface area contributed by atoms with Crippen molar-refractivity contribution in [2.75, 3.05) is 38.8 Å². The Morgan fingerprint density at radius 1 is 1.18 bits per heavy atom. The van der Waals surface area contributed by atoms with E-state index in [0.717, 1.165) is 0 Å². The molecule has 0 bridgehead atoms. The minimum Gasteiger partial charge on any atom is -0.379 e. The van der Waals surface area contributed by atoms with Gasteiger partial charge in [0.1, 0.15) is 9.84 Å². The Morgan fingerprint density at radius 2 is 1.86 bits per heavy atom. The van der Waals surface area contributed by atoms with Gasteiger partial charge in [0.15, 0.2) is 5.96 Å². The van der Waals surface area contributed by atoms with Crippen molar-refractivity contribution in [2.24, 2.45) is 4.99 Å². The van der Waals surface area contributed by atoms with Crippen LogP contribution < -0.4 is 10.6 Å². The van der Waals surface area contributed by atoms with Crippen molar-refractivity contribution in [3.63, 3.8) is 0 Å². The van der Waals surface area contributed by atoms with Gasteiger partial charge in [-0.05, 0) is 5.56 Å². The first-order valence-corrected chi connectivity index (χ1v) is 8.81. The summed E-state index contributed by atoms with van der Waals surface area (Å²) >= 11 is 0. The van der Waals surface area contributed by atoms with Gasteiger partial charge >= 0.3 is 0 Å². The molecule has 0 saturated carbocycles. The Labute approximate surface area is 149 Å². The predicted molar refractivity (Wildman–Crippen MR) is 101 cm³/mol. The van der Waals surface area contributed by atoms with Crippen LogP contribution in [-0.2, 0) is 21.1 Å². The van der Waals surface area contributed by atoms with Gasteiger partial charge in [0.25, 0.3) is 0 Å². The lowest BCUT2D eigenvalue weighted by Crippen LogP contribution is -2.38. The fourth-order valence-corrected chi connectivity index (χ4v) is 1.98. The van der Waals surface area contributed by atoms with E-state index in [0.29, 0.717) is 25.7 Å². The molecule has 8 heteroatoms. The molecule has 1 aromatic carbocycles. The summed E-state index contributed by atoms with van der Waals surface area (Å²) in [7, 11) is -1.25. The number of halogens is 1. The number of hydrogen-bond acceptors (Lipinski definition) is 4. The first kappa shape index (κ1) is 21.1. The van der Waals surface area contributed by atoms with Crippen LogP contribution in [0.25, 0.3) is 0 Å². The maximum absolute atomic E-state index is 10.9. The lowest BCUT2D eigenvalue weighted by atomic mass is 10.2. The van der Waals surface area contributed by atoms with Crippen molar-refractivity contribution in [2.45, 2.75) is 6.54 Å². The highest BCUT2D eigenvalue weighted by molar-refractivity contribution is 14.0. The van der Waals surface area contributed by atoms with Crippen LogP contribution >= 0.6 is 24.0 Å². The van der Waals surface area contributed by atoms with Crippen LogP contribution in [0.5, 0.6) is 0 Å². The Bertz CT molecular complexity index is 536. The van der Waals surface area contributed by atoms with E-state index in [4.69, 9.17) is 4.74 Å². The summed E-state index contributed by atoms with van der Waals surface area (Å²) in [5, 5.41) is 6.29. The second-order valence-corrected chi connectivity index (χ2v) is 6.84. The van der Waals surface area contributed by atoms with Crippen molar-refractivity contribution in [3.8, 4) is 0 Å². The lowest BCUT2D eigenvalue weighted by molar-refractivity contribution is 0.154. The summed E-state index contributed by atoms with van der Waals surface area (Å²) in [4.78, 5) is 4.10. The number of ether oxygens (including phenoxy) is 1. The minimum absolute atomic E-state index is 0. The van der Waals surface area contributed by atoms with Gasteiger partial charge in [-0.15, -0.1) is 24.0 Å². The van der Waals surface area contributed by atoms with Crippen LogP contribution in [-0.4, -0.2) is 53.2 Å². The number of rotatable bonds is 8. The summed E-state index contributed by atoms with van der Waals surface area (Å²) in [6.45, 7) is 1.91. The summed E-state index contributed by atoms with van der Waals surface area (Å²) in [5.41, 5.74) is 1.17. The lowest BCUT2D eigenvalue weighted by Gasteiger charge is -2.12. The molecule has 0 aromatic heterocycles. The fraction of sp³-hybridized carbons (Fsp3) is 0.500. The van der Waals surface area contributed by atoms with E-state index < -0.39 is 9.84 Å². The summed E-state index contributed by atoms with van der Waals surface area (Å²) in [5.74, 6) is 0.735. The number of nitrogens with zero attached hydrogens (tertiary/aromatic N) is 1. The number of benzene rings is 1. The SMILES string of the molecule is CN=C(NCCOCCS(C)(=O)=O)NCc1ccccc1.I. The highest BCUT2D eigenvalue weighted by Crippen LogP contribution is 1.96. The van der Waals surface area contributed by atoms with E-state index in [1.807, 2.05) is 30.3 Å². The van der Waals surface area contributed by atoms with Gasteiger partial charge in [-0.25, -0.2) is 8.42 Å². The molecule has 0 spiro atoms. The number of guanidine groups is 1. The third kappa shape index (κ3) is 10.8. The van der Waals surface area contributed by atoms with Gasteiger partial charge in [-0.3, -0.25) is 4.99 Å². The zero-order chi connectivity index (χ0) is 15.6. The molecule has 0 atom stereocenters. The van der Waals surface area contributed by atoms with Crippen molar-refractivity contribution < 1.29 is 13.2 Å². The van der Waals surface area contributed by atoms with Crippen molar-refractivity contribution in [3.05, 3.63) is 35.9 Å². The molecule has 1 rings (SSSR count). The van der Waals surface area contributed by atoms with E-state index in [1.54, 1.807) is 7.05 Å². The standard InChI is InChI=1S/C14H23N3O3S.HI/c1-15-14(17-12-13-6-4-3-5-7-13)16-8-9-20-10-11-21(2,18)19;/h3-7H,8-12H2,1-2H3,(H2,15,16,17);1H. The van der Waals surface area contributed by atoms with E-state index >= 15 is 0 Å². The minimum atomic E-state index is -2.95. The van der Waals surface area contributed by atoms with E-state index in [9.17, 15) is 8.42 Å². The molecule has 0 heterocycles. The molecule has 126 valence electrons. The topological polar surface area (TPSA) is 79.8 Å². The van der Waals surface area contributed by atoms with Gasteiger partial charge in [0.2, 0.25) is 0 Å². The number of sulfone groups is 1. The van der Waals surface area contributed by atoms with Gasteiger partial charge in [-0.1, -0.05) is 30.3 Å². The van der Waals surface area contributed by atoms with Crippen LogP contribution in [0.1, 0.15) is 5.56 Å². The Morgan fingerprint density at radius 3 is 2.45 bits per heavy atom. The van der Waals surface area contributed by atoms with Gasteiger partial charge in [0, 0.05) is 26.4 Å². The van der Waals surface area contributed by atoms with Crippen molar-refractivity contribution in [1.29, 1.82) is 0 Å². The monoisotopic (exact) mass is 441 g/mol. The number of nitrogens with one attached hydrogen (secondary N) is 2. The molecule has 22 heavy (non-hydrogen) atoms. The van der Waals surface area contributed by atoms with Gasteiger partial charge in [-0.2, -0.15) is 0 Å². The highest BCUT2D eigenvalue weighted by Gasteiger charge is 2.01. The summed E-state index contributed by atoms with van der Waals surface area (Å²) in [6, 6.07) is 10.0. The zero-order valence-corrected chi connectivity index (χ0v) is 16.1. The largest absolute Gasteiger partial charge is 0.379 e. The zero-order valence-electron chi connectivity index (χ0n) is 12.9. The van der Waals surface area contributed by atoms with Gasteiger partial charge in [0.05, 0.1) is 19.0 Å². The maximum Gasteiger partial charge on any atom is 0.191 e. The number of hydrogen-bond donors (Lipinski definition) is 2. The average molecular weight is 441 g/mol. The Kier molecular flexibility index (Phi) is 11.2. The van der Waals surface area contributed by atoms with Crippen LogP contribution in [0.4, 0.5) is 0 Å². The molecule has 0 saturated heterocycles. The van der Waals surface area contributed by atoms with Crippen molar-refractivity contribution in [1.82, 2.24) is 10.6 Å². The fourth-order valence-electron chi connectivity index (χ4n) is 1.56. The molecule has 0 fully saturated rings. The van der Waals surface area contributed by atoms with Crippen LogP contribution in [0, 0.1) is 0 Å². The molecule has 0 aliphatic rings. The average Bonchev–Trinajstić information content (AvgIpc) is 2.45. The molecule has 2 N–H and O–H groups in total. The summed E-state index contributed by atoms with van der Waals surface area (Å²) in [6.07, 6.45) is 1.20. The third-order valence-corrected chi connectivity index (χ3v) is 3.57. The molecule has 0 amide bonds. The quantitative estimate of drug-likeness (QED) is 0.273. The molecule has 0 unspecified atom stereocenters. The van der Waals surface area contributed by atoms with E-state index in [2.05, 4.69) is 15.6 Å². The second-order valence-electron chi connectivity index (χ2n) is 4.58. The van der Waals surface area contributed by atoms with Gasteiger partial charge < -0.3 is 15.4 Å². The molecular weight excluding hydrogens is 417 g/mol. The first-order chi connectivity index (χ1) is 10.0. The third-order valence-electron chi connectivity index (χ3n) is 2.66. The first-order valence-electron chi connectivity index (χ1n) is 6.75. The molecule has 0 aliphatic heterocycles. The summed E-state index contributed by atoms with van der Waals surface area (Å²) < 4.78 is 27.1. The van der Waals surface area contributed by atoms with E-state index in [1.165, 1.54) is 11.8 Å². The van der Waals surface area contributed by atoms with Crippen LogP contribution in [0.2, 0.25) is 0 Å². The Hall–Kier alpha value is -0.870. The molecule has 6 nitrogen and oxygen atoms in total. The predicted octanol–water partition coefficient (Wildman–Crippen LogP) is 1.03. The molecular formula is C14H24IN3O3S. The van der Waals surface area contributed by atoms with Crippen LogP contribution in [0.3, 0.4) is 0 Å². The maximum atomic E-state index is 10.9. The van der Waals surface area contributed by atoms with Crippen molar-refractivity contribution >= 4 is 39.8 Å². The molecule has 0 radical (unpaired) electrons. The normalized spacial score (nSPS) is 11.6. The highest BCUT2D eigenvalue weighted by atomic mass is 127. The molecule has 1 aromatic rings. The Balaban J connectivity index is 0.00000441. The second kappa shape index (κ2) is 11.7. The van der Waals surface area contributed by atoms with E-state index in [-0.39, 0.29) is 36.3 Å². The smallest absolute Gasteiger partial charge is 0.191 e. The number of aliphatic imine (C=N–C) groups is 1. The van der Waals surface area contributed by atoms with Crippen LogP contribution in [0.15, 0.2) is 35.3 Å².